The Balaban J connectivity index is 0.000000266. The zero-order chi connectivity index (χ0) is 36.8. The van der Waals surface area contributed by atoms with Crippen LogP contribution in [0.1, 0.15) is 98.6 Å². The molecule has 2 aromatic carbocycles. The molecule has 7 nitrogen and oxygen atoms in total. The summed E-state index contributed by atoms with van der Waals surface area (Å²) in [6.07, 6.45) is 5.52. The van der Waals surface area contributed by atoms with E-state index in [0.29, 0.717) is 13.1 Å². The fourth-order valence-electron chi connectivity index (χ4n) is 5.98. The quantitative estimate of drug-likeness (QED) is 0.290. The molecule has 0 unspecified atom stereocenters. The highest BCUT2D eigenvalue weighted by Crippen LogP contribution is 2.38. The number of hydrogen-bond donors (Lipinski definition) is 0. The van der Waals surface area contributed by atoms with Crippen LogP contribution in [0.25, 0.3) is 0 Å². The maximum absolute atomic E-state index is 12.2. The van der Waals surface area contributed by atoms with Gasteiger partial charge < -0.3 is 19.3 Å². The average Bonchev–Trinajstić information content (AvgIpc) is 2.99. The molecule has 49 heavy (non-hydrogen) atoms. The molecule has 274 valence electrons. The average molecular weight is 849 g/mol. The van der Waals surface area contributed by atoms with Gasteiger partial charge >= 0.3 is 12.2 Å². The summed E-state index contributed by atoms with van der Waals surface area (Å²) in [5.74, 6) is 0. The second-order valence-corrected chi connectivity index (χ2v) is 18.4. The van der Waals surface area contributed by atoms with Gasteiger partial charge in [-0.05, 0) is 155 Å². The molecule has 0 N–H and O–H groups in total. The van der Waals surface area contributed by atoms with E-state index in [1.165, 1.54) is 11.1 Å². The van der Waals surface area contributed by atoms with E-state index in [0.717, 1.165) is 77.1 Å². The molecule has 0 radical (unpaired) electrons. The number of likely N-dealkylation sites (tertiary alicyclic amines) is 2. The molecule has 2 aromatic rings. The van der Waals surface area contributed by atoms with Gasteiger partial charge in [-0.15, -0.1) is 0 Å². The van der Waals surface area contributed by atoms with Crippen molar-refractivity contribution in [1.82, 2.24) is 14.7 Å². The van der Waals surface area contributed by atoms with Gasteiger partial charge in [0.05, 0.1) is 10.0 Å². The van der Waals surface area contributed by atoms with Gasteiger partial charge in [-0.25, -0.2) is 9.59 Å². The Hall–Kier alpha value is -1.52. The minimum atomic E-state index is -0.451. The molecule has 0 aromatic heterocycles. The van der Waals surface area contributed by atoms with Crippen LogP contribution in [-0.2, 0) is 22.4 Å². The van der Waals surface area contributed by atoms with Gasteiger partial charge in [0, 0.05) is 47.2 Å². The summed E-state index contributed by atoms with van der Waals surface area (Å²) in [5, 5.41) is 1.49. The molecule has 0 bridgehead atoms. The molecular formula is C38H55Br2Cl2N3O4. The maximum Gasteiger partial charge on any atom is 0.410 e. The molecule has 11 heteroatoms. The summed E-state index contributed by atoms with van der Waals surface area (Å²) in [5.41, 5.74) is 1.83. The number of aryl methyl sites for hydroxylation is 1. The molecule has 2 heterocycles. The lowest BCUT2D eigenvalue weighted by Gasteiger charge is -2.45. The summed E-state index contributed by atoms with van der Waals surface area (Å²) in [4.78, 5) is 30.4. The molecule has 0 atom stereocenters. The van der Waals surface area contributed by atoms with Crippen molar-refractivity contribution in [2.24, 2.45) is 5.41 Å². The highest BCUT2D eigenvalue weighted by Gasteiger charge is 2.37. The number of nitrogens with zero attached hydrogens (tertiary/aromatic N) is 3. The lowest BCUT2D eigenvalue weighted by Crippen LogP contribution is -2.53. The second kappa shape index (κ2) is 17.3. The fourth-order valence-corrected chi connectivity index (χ4v) is 7.22. The molecule has 2 fully saturated rings. The summed E-state index contributed by atoms with van der Waals surface area (Å²) in [6.45, 7) is 19.8. The predicted molar refractivity (Wildman–Crippen MR) is 209 cm³/mol. The van der Waals surface area contributed by atoms with Crippen LogP contribution in [0.15, 0.2) is 45.3 Å². The molecule has 2 aliphatic rings. The van der Waals surface area contributed by atoms with Gasteiger partial charge in [0.25, 0.3) is 0 Å². The van der Waals surface area contributed by atoms with Crippen LogP contribution in [-0.4, -0.2) is 76.9 Å². The standard InChI is InChI=1S/C19H28BrClN2O2.C19H27BrClNO2/c1-18(2,3)25-17(24)23-11-9-19(4,10-12-23)22(5)13-14-7-6-8-15(21)16(14)20;1-18(2,3)24-17(23)22-12-10-19(4,11-13-22)9-8-14-6-5-7-15(21)16(14)20/h6-8H,9-13H2,1-5H3;5-7H,8-13H2,1-4H3. The Kier molecular flexibility index (Phi) is 14.8. The van der Waals surface area contributed by atoms with Gasteiger partial charge in [-0.2, -0.15) is 0 Å². The fraction of sp³-hybridized carbons (Fsp3) is 0.632. The summed E-state index contributed by atoms with van der Waals surface area (Å²) in [6, 6.07) is 12.0. The molecule has 0 aliphatic carbocycles. The molecule has 2 saturated heterocycles. The van der Waals surface area contributed by atoms with Gasteiger partial charge in [-0.1, -0.05) is 54.4 Å². The van der Waals surface area contributed by atoms with Crippen LogP contribution in [0, 0.1) is 5.41 Å². The van der Waals surface area contributed by atoms with Crippen LogP contribution >= 0.6 is 55.1 Å². The van der Waals surface area contributed by atoms with Crippen LogP contribution in [0.3, 0.4) is 0 Å². The van der Waals surface area contributed by atoms with Crippen LogP contribution in [0.2, 0.25) is 10.0 Å². The third kappa shape index (κ3) is 12.9. The number of ether oxygens (including phenoxy) is 2. The SMILES string of the molecule is CC1(CCc2cccc(Cl)c2Br)CCN(C(=O)OC(C)(C)C)CC1.CN(Cc1cccc(Cl)c1Br)C1(C)CCN(C(=O)OC(C)(C)C)CC1. The third-order valence-corrected chi connectivity index (χ3v) is 12.5. The largest absolute Gasteiger partial charge is 0.444 e. The highest BCUT2D eigenvalue weighted by atomic mass is 79.9. The molecule has 0 saturated carbocycles. The Morgan fingerprint density at radius 3 is 1.61 bits per heavy atom. The predicted octanol–water partition coefficient (Wildman–Crippen LogP) is 11.4. The summed E-state index contributed by atoms with van der Waals surface area (Å²) in [7, 11) is 2.14. The minimum absolute atomic E-state index is 0.0419. The Morgan fingerprint density at radius 1 is 0.755 bits per heavy atom. The van der Waals surface area contributed by atoms with E-state index in [2.05, 4.69) is 69.8 Å². The van der Waals surface area contributed by atoms with E-state index in [-0.39, 0.29) is 23.1 Å². The van der Waals surface area contributed by atoms with E-state index < -0.39 is 11.2 Å². The van der Waals surface area contributed by atoms with Crippen molar-refractivity contribution in [3.8, 4) is 0 Å². The van der Waals surface area contributed by atoms with Crippen LogP contribution in [0.4, 0.5) is 9.59 Å². The van der Waals surface area contributed by atoms with E-state index in [4.69, 9.17) is 32.7 Å². The van der Waals surface area contributed by atoms with Gasteiger partial charge in [-0.3, -0.25) is 4.90 Å². The normalized spacial score (nSPS) is 17.7. The summed E-state index contributed by atoms with van der Waals surface area (Å²) < 4.78 is 12.9. The zero-order valence-corrected chi connectivity index (χ0v) is 35.4. The number of rotatable bonds is 6. The second-order valence-electron chi connectivity index (χ2n) is 16.0. The Morgan fingerprint density at radius 2 is 1.16 bits per heavy atom. The van der Waals surface area contributed by atoms with Crippen molar-refractivity contribution < 1.29 is 19.1 Å². The highest BCUT2D eigenvalue weighted by molar-refractivity contribution is 9.11. The maximum atomic E-state index is 12.2. The van der Waals surface area contributed by atoms with Crippen molar-refractivity contribution >= 4 is 67.2 Å². The molecular weight excluding hydrogens is 793 g/mol. The van der Waals surface area contributed by atoms with Crippen LogP contribution in [0.5, 0.6) is 0 Å². The van der Waals surface area contributed by atoms with Crippen molar-refractivity contribution in [2.45, 2.75) is 117 Å². The van der Waals surface area contributed by atoms with E-state index in [9.17, 15) is 9.59 Å². The van der Waals surface area contributed by atoms with Gasteiger partial charge in [0.1, 0.15) is 11.2 Å². The van der Waals surface area contributed by atoms with E-state index in [1.54, 1.807) is 0 Å². The lowest BCUT2D eigenvalue weighted by molar-refractivity contribution is 0.00158. The zero-order valence-electron chi connectivity index (χ0n) is 30.7. The van der Waals surface area contributed by atoms with Crippen molar-refractivity contribution in [3.05, 3.63) is 66.5 Å². The first-order chi connectivity index (χ1) is 22.6. The number of benzene rings is 2. The topological polar surface area (TPSA) is 62.3 Å². The molecule has 4 rings (SSSR count). The monoisotopic (exact) mass is 845 g/mol. The Labute approximate surface area is 321 Å². The van der Waals surface area contributed by atoms with Crippen molar-refractivity contribution in [2.75, 3.05) is 33.2 Å². The number of hydrogen-bond acceptors (Lipinski definition) is 5. The number of halogens is 4. The summed E-state index contributed by atoms with van der Waals surface area (Å²) >= 11 is 19.5. The minimum Gasteiger partial charge on any atom is -0.444 e. The van der Waals surface area contributed by atoms with Crippen LogP contribution < -0.4 is 0 Å². The van der Waals surface area contributed by atoms with Gasteiger partial charge in [0.2, 0.25) is 0 Å². The van der Waals surface area contributed by atoms with E-state index >= 15 is 0 Å². The molecule has 2 aliphatic heterocycles. The number of carbonyl (C=O) groups excluding carboxylic acids is 2. The lowest BCUT2D eigenvalue weighted by atomic mass is 9.76. The van der Waals surface area contributed by atoms with Crippen molar-refractivity contribution in [1.29, 1.82) is 0 Å². The molecule has 2 amide bonds. The third-order valence-electron chi connectivity index (χ3n) is 9.50. The first-order valence-electron chi connectivity index (χ1n) is 17.1. The molecule has 0 spiro atoms. The smallest absolute Gasteiger partial charge is 0.410 e. The number of piperidine rings is 2. The number of amides is 2. The Bertz CT molecular complexity index is 1430. The first-order valence-corrected chi connectivity index (χ1v) is 19.5. The first kappa shape index (κ1) is 41.9. The number of carbonyl (C=O) groups is 2. The van der Waals surface area contributed by atoms with Crippen molar-refractivity contribution in [3.63, 3.8) is 0 Å². The van der Waals surface area contributed by atoms with E-state index in [1.807, 2.05) is 75.6 Å². The van der Waals surface area contributed by atoms with Gasteiger partial charge in [0.15, 0.2) is 0 Å².